The van der Waals surface area contributed by atoms with Crippen molar-refractivity contribution in [2.75, 3.05) is 19.8 Å². The minimum absolute atomic E-state index is 0.0199. The fraction of sp³-hybridized carbons (Fsp3) is 0.891. The number of carbonyl (C=O) groups is 6. The van der Waals surface area contributed by atoms with E-state index >= 15 is 0 Å². The predicted octanol–water partition coefficient (Wildman–Crippen LogP) is 14.9. The highest BCUT2D eigenvalue weighted by molar-refractivity contribution is 6.01. The lowest BCUT2D eigenvalue weighted by atomic mass is 9.71. The zero-order valence-corrected chi connectivity index (χ0v) is 41.9. The second kappa shape index (κ2) is 35.6. The molecule has 0 amide bonds. The standard InChI is InChI=1S/C30H54O6.C25H48O3/c1-9-35-27(33)26(28(34)36-10-2)30(7,8)22-20-18-16-14-12-11-13-15-17-19-21-29(5,6)25(23(3)31)24(4)32;1-7-28-23(27)21-25(5,6)19-17-15-13-11-9-8-10-12-14-16-18-24(3,4)20-22(2)26/h25-26H,9-22H2,1-8H3;7-21H2,1-6H3/i5D3,7D3;3D3,5D3,20D2,21D2. The van der Waals surface area contributed by atoms with Crippen LogP contribution in [0.1, 0.15) is 285 Å². The van der Waals surface area contributed by atoms with Crippen molar-refractivity contribution in [1.29, 1.82) is 0 Å². The normalized spacial score (nSPS) is 20.1. The van der Waals surface area contributed by atoms with Gasteiger partial charge < -0.3 is 19.0 Å². The highest BCUT2D eigenvalue weighted by Crippen LogP contribution is 2.36. The van der Waals surface area contributed by atoms with E-state index in [0.29, 0.717) is 25.7 Å². The van der Waals surface area contributed by atoms with Crippen LogP contribution in [0.3, 0.4) is 0 Å². The van der Waals surface area contributed by atoms with Gasteiger partial charge >= 0.3 is 17.9 Å². The summed E-state index contributed by atoms with van der Waals surface area (Å²) in [4.78, 5) is 73.2. The fourth-order valence-corrected chi connectivity index (χ4v) is 8.22. The molecule has 0 bridgehead atoms. The lowest BCUT2D eigenvalue weighted by Gasteiger charge is -2.31. The molecule has 0 rings (SSSR count). The second-order valence-electron chi connectivity index (χ2n) is 18.7. The van der Waals surface area contributed by atoms with Gasteiger partial charge in [-0.3, -0.25) is 24.0 Å². The summed E-state index contributed by atoms with van der Waals surface area (Å²) in [5.74, 6) is -7.08. The first kappa shape index (κ1) is 39.4. The Bertz CT molecular complexity index is 1850. The van der Waals surface area contributed by atoms with Crippen LogP contribution in [-0.4, -0.2) is 55.1 Å². The zero-order chi connectivity index (χ0) is 62.8. The monoisotopic (exact) mass is 923 g/mol. The molecule has 0 heterocycles. The molecule has 64 heavy (non-hydrogen) atoms. The first-order chi connectivity index (χ1) is 36.4. The molecule has 0 spiro atoms. The van der Waals surface area contributed by atoms with E-state index in [1.807, 2.05) is 0 Å². The molecule has 4 unspecified atom stereocenters. The third kappa shape index (κ3) is 33.0. The van der Waals surface area contributed by atoms with Crippen molar-refractivity contribution in [2.24, 2.45) is 33.5 Å². The Morgan fingerprint density at radius 1 is 0.422 bits per heavy atom. The van der Waals surface area contributed by atoms with Gasteiger partial charge in [-0.15, -0.1) is 0 Å². The van der Waals surface area contributed by atoms with Crippen LogP contribution in [0.4, 0.5) is 0 Å². The summed E-state index contributed by atoms with van der Waals surface area (Å²) in [6, 6.07) is 0. The zero-order valence-electron chi connectivity index (χ0n) is 57.9. The summed E-state index contributed by atoms with van der Waals surface area (Å²) in [5, 5.41) is 0. The van der Waals surface area contributed by atoms with Crippen LogP contribution in [0.2, 0.25) is 0 Å². The Morgan fingerprint density at radius 2 is 0.719 bits per heavy atom. The molecule has 0 aliphatic heterocycles. The van der Waals surface area contributed by atoms with Gasteiger partial charge in [0.25, 0.3) is 0 Å². The van der Waals surface area contributed by atoms with Crippen LogP contribution in [-0.2, 0) is 43.0 Å². The van der Waals surface area contributed by atoms with Gasteiger partial charge in [0.1, 0.15) is 17.3 Å². The Hall–Kier alpha value is -2.58. The quantitative estimate of drug-likeness (QED) is 0.0256. The molecular weight excluding hydrogens is 805 g/mol. The van der Waals surface area contributed by atoms with Crippen molar-refractivity contribution in [3.05, 3.63) is 0 Å². The number of Topliss-reactive ketones (excluding diaryl/α,β-unsaturated/α-hetero) is 3. The Balaban J connectivity index is 0. The number of hydrogen-bond acceptors (Lipinski definition) is 9. The van der Waals surface area contributed by atoms with Gasteiger partial charge in [-0.2, -0.15) is 0 Å². The number of ether oxygens (including phenoxy) is 3. The maximum absolute atomic E-state index is 12.6. The molecule has 9 nitrogen and oxygen atoms in total. The van der Waals surface area contributed by atoms with Gasteiger partial charge in [0.05, 0.1) is 32.1 Å². The molecule has 0 fully saturated rings. The highest BCUT2D eigenvalue weighted by atomic mass is 16.6. The number of esters is 3. The smallest absolute Gasteiger partial charge is 0.320 e. The number of carbonyl (C=O) groups excluding carboxylic acids is 6. The molecule has 0 aliphatic carbocycles. The van der Waals surface area contributed by atoms with Gasteiger partial charge in [-0.1, -0.05) is 184 Å². The van der Waals surface area contributed by atoms with Crippen molar-refractivity contribution in [3.8, 4) is 0 Å². The van der Waals surface area contributed by atoms with E-state index < -0.39 is 109 Å². The lowest BCUT2D eigenvalue weighted by Crippen LogP contribution is -2.39. The molecule has 0 aromatic carbocycles. The summed E-state index contributed by atoms with van der Waals surface area (Å²) < 4.78 is 142. The first-order valence-corrected chi connectivity index (χ1v) is 24.5. The first-order valence-electron chi connectivity index (χ1n) is 32.5. The third-order valence-electron chi connectivity index (χ3n) is 11.5. The van der Waals surface area contributed by atoms with E-state index in [2.05, 4.69) is 0 Å². The van der Waals surface area contributed by atoms with Gasteiger partial charge in [0.15, 0.2) is 5.92 Å². The molecule has 0 saturated heterocycles. The molecule has 0 aromatic rings. The number of ketones is 3. The van der Waals surface area contributed by atoms with Crippen molar-refractivity contribution in [3.63, 3.8) is 0 Å². The molecular formula is C55H102O9. The van der Waals surface area contributed by atoms with Crippen molar-refractivity contribution < 1.29 is 64.9 Å². The maximum atomic E-state index is 12.6. The van der Waals surface area contributed by atoms with Crippen molar-refractivity contribution in [1.82, 2.24) is 0 Å². The van der Waals surface area contributed by atoms with Gasteiger partial charge in [-0.25, -0.2) is 0 Å². The summed E-state index contributed by atoms with van der Waals surface area (Å²) in [7, 11) is 0. The number of rotatable bonds is 39. The van der Waals surface area contributed by atoms with E-state index in [0.717, 1.165) is 110 Å². The minimum Gasteiger partial charge on any atom is -0.466 e. The largest absolute Gasteiger partial charge is 0.466 e. The van der Waals surface area contributed by atoms with Crippen LogP contribution in [0.15, 0.2) is 0 Å². The molecule has 0 radical (unpaired) electrons. The van der Waals surface area contributed by atoms with Gasteiger partial charge in [0, 0.05) is 28.3 Å². The maximum Gasteiger partial charge on any atom is 0.320 e. The number of hydrogen-bond donors (Lipinski definition) is 0. The Morgan fingerprint density at radius 3 is 1.00 bits per heavy atom. The van der Waals surface area contributed by atoms with Gasteiger partial charge in [-0.05, 0) is 88.9 Å². The predicted molar refractivity (Wildman–Crippen MR) is 264 cm³/mol. The molecule has 9 heteroatoms. The average molecular weight is 924 g/mol. The van der Waals surface area contributed by atoms with E-state index in [4.69, 9.17) is 36.1 Å². The van der Waals surface area contributed by atoms with Crippen LogP contribution in [0.5, 0.6) is 0 Å². The Labute approximate surface area is 416 Å². The van der Waals surface area contributed by atoms with Crippen LogP contribution in [0, 0.1) is 33.5 Å². The van der Waals surface area contributed by atoms with E-state index in [9.17, 15) is 28.8 Å². The van der Waals surface area contributed by atoms with Crippen molar-refractivity contribution in [2.45, 2.75) is 263 Å². The molecule has 0 aromatic heterocycles. The molecule has 0 saturated carbocycles. The average Bonchev–Trinajstić information content (AvgIpc) is 3.30. The van der Waals surface area contributed by atoms with Crippen LogP contribution < -0.4 is 0 Å². The molecule has 0 N–H and O–H groups in total. The lowest BCUT2D eigenvalue weighted by molar-refractivity contribution is -0.168. The van der Waals surface area contributed by atoms with Crippen LogP contribution in [0.25, 0.3) is 0 Å². The van der Waals surface area contributed by atoms with Crippen molar-refractivity contribution >= 4 is 35.3 Å². The van der Waals surface area contributed by atoms with Crippen LogP contribution >= 0.6 is 0 Å². The van der Waals surface area contributed by atoms with E-state index in [1.165, 1.54) is 41.5 Å². The summed E-state index contributed by atoms with van der Waals surface area (Å²) in [5.41, 5.74) is -6.54. The fourth-order valence-electron chi connectivity index (χ4n) is 8.22. The molecule has 0 aliphatic rings. The van der Waals surface area contributed by atoms with E-state index in [1.54, 1.807) is 20.8 Å². The van der Waals surface area contributed by atoms with E-state index in [-0.39, 0.29) is 45.5 Å². The third-order valence-corrected chi connectivity index (χ3v) is 11.5. The summed E-state index contributed by atoms with van der Waals surface area (Å²) in [6.07, 6.45) is 12.3. The Kier molecular flexibility index (Phi) is 21.9. The van der Waals surface area contributed by atoms with Gasteiger partial charge in [0.2, 0.25) is 0 Å². The highest BCUT2D eigenvalue weighted by Gasteiger charge is 2.43. The molecule has 4 atom stereocenters. The number of unbranched alkanes of at least 4 members (excludes halogenated alkanes) is 18. The summed E-state index contributed by atoms with van der Waals surface area (Å²) >= 11 is 0. The second-order valence-corrected chi connectivity index (χ2v) is 18.7. The minimum atomic E-state index is -2.65. The SMILES string of the molecule is [2H]C([2H])([2H])C(C)(CCCCCCCCCCCCC(C)(C(C(=O)OCC)C(=O)OCC)C([2H])([2H])[2H])C(C(C)=O)C(C)=O.[2H]C([2H])([2H])C(C)(CCCCCCCCCCCCC(C)(C([2H])([2H])[2H])C([2H])([2H])C(=O)OCC)C([2H])([2H])C(C)=O. The summed E-state index contributed by atoms with van der Waals surface area (Å²) in [6.45, 7) is 3.88. The topological polar surface area (TPSA) is 130 Å². The molecule has 376 valence electrons.